The minimum absolute atomic E-state index is 0.125. The molecule has 34 heavy (non-hydrogen) atoms. The van der Waals surface area contributed by atoms with Gasteiger partial charge in [-0.2, -0.15) is 0 Å². The smallest absolute Gasteiger partial charge is 0.263 e. The predicted molar refractivity (Wildman–Crippen MR) is 133 cm³/mol. The summed E-state index contributed by atoms with van der Waals surface area (Å²) in [7, 11) is 0. The van der Waals surface area contributed by atoms with Gasteiger partial charge in [0, 0.05) is 56.0 Å². The highest BCUT2D eigenvalue weighted by Crippen LogP contribution is 2.38. The second-order valence-corrected chi connectivity index (χ2v) is 9.59. The van der Waals surface area contributed by atoms with Gasteiger partial charge in [-0.05, 0) is 49.6 Å². The summed E-state index contributed by atoms with van der Waals surface area (Å²) in [5, 5.41) is 0.290. The van der Waals surface area contributed by atoms with Crippen molar-refractivity contribution in [3.8, 4) is 0 Å². The number of carbonyl (C=O) groups is 1. The Bertz CT molecular complexity index is 1340. The monoisotopic (exact) mass is 460 g/mol. The number of pyridine rings is 1. The Hall–Kier alpha value is -3.19. The second kappa shape index (κ2) is 8.24. The average Bonchev–Trinajstić information content (AvgIpc) is 3.62. The zero-order valence-corrected chi connectivity index (χ0v) is 19.5. The van der Waals surface area contributed by atoms with Gasteiger partial charge in [-0.3, -0.25) is 9.59 Å². The molecule has 2 fully saturated rings. The van der Waals surface area contributed by atoms with Crippen molar-refractivity contribution in [1.82, 2.24) is 9.47 Å². The summed E-state index contributed by atoms with van der Waals surface area (Å²) in [5.74, 6) is -0.695. The summed E-state index contributed by atoms with van der Waals surface area (Å²) in [5.41, 5.74) is 2.97. The number of benzene rings is 2. The maximum Gasteiger partial charge on any atom is 0.263 e. The van der Waals surface area contributed by atoms with Crippen molar-refractivity contribution < 1.29 is 9.18 Å². The van der Waals surface area contributed by atoms with Gasteiger partial charge in [0.05, 0.1) is 11.2 Å². The third-order valence-corrected chi connectivity index (χ3v) is 7.56. The molecule has 0 atom stereocenters. The fourth-order valence-electron chi connectivity index (χ4n) is 5.41. The number of nitrogens with zero attached hydrogens (tertiary/aromatic N) is 4. The minimum atomic E-state index is -0.395. The molecule has 3 aliphatic rings. The van der Waals surface area contributed by atoms with Gasteiger partial charge in [0.15, 0.2) is 0 Å². The lowest BCUT2D eigenvalue weighted by Crippen LogP contribution is -2.46. The van der Waals surface area contributed by atoms with Crippen molar-refractivity contribution in [2.75, 3.05) is 49.1 Å². The number of fused-ring (bicyclic) bond motifs is 2. The molecule has 7 heteroatoms. The predicted octanol–water partition coefficient (Wildman–Crippen LogP) is 3.82. The Kier molecular flexibility index (Phi) is 5.17. The van der Waals surface area contributed by atoms with Crippen molar-refractivity contribution in [2.45, 2.75) is 32.2 Å². The molecule has 1 amide bonds. The number of piperazine rings is 1. The minimum Gasteiger partial charge on any atom is -0.367 e. The number of hydrogen-bond donors (Lipinski definition) is 0. The molecular weight excluding hydrogens is 431 g/mol. The quantitative estimate of drug-likeness (QED) is 0.594. The fourth-order valence-corrected chi connectivity index (χ4v) is 5.41. The van der Waals surface area contributed by atoms with Crippen molar-refractivity contribution in [3.05, 3.63) is 69.8 Å². The van der Waals surface area contributed by atoms with E-state index >= 15 is 4.39 Å². The first kappa shape index (κ1) is 21.4. The van der Waals surface area contributed by atoms with E-state index < -0.39 is 5.82 Å². The molecule has 3 aromatic rings. The zero-order chi connectivity index (χ0) is 23.4. The van der Waals surface area contributed by atoms with E-state index in [2.05, 4.69) is 16.7 Å². The molecule has 1 aromatic heterocycles. The van der Waals surface area contributed by atoms with Crippen LogP contribution in [0.3, 0.4) is 0 Å². The lowest BCUT2D eigenvalue weighted by atomic mass is 10.1. The molecule has 0 unspecified atom stereocenters. The summed E-state index contributed by atoms with van der Waals surface area (Å²) in [4.78, 5) is 33.2. The molecule has 6 nitrogen and oxygen atoms in total. The van der Waals surface area contributed by atoms with E-state index in [1.807, 2.05) is 34.9 Å². The number of halogens is 1. The van der Waals surface area contributed by atoms with Gasteiger partial charge in [0.25, 0.3) is 5.91 Å². The maximum atomic E-state index is 15.3. The Balaban J connectivity index is 1.43. The first-order valence-electron chi connectivity index (χ1n) is 12.3. The summed E-state index contributed by atoms with van der Waals surface area (Å²) in [6.45, 7) is 7.00. The molecule has 2 aromatic carbocycles. The van der Waals surface area contributed by atoms with Crippen LogP contribution < -0.4 is 15.2 Å². The van der Waals surface area contributed by atoms with Crippen LogP contribution >= 0.6 is 0 Å². The highest BCUT2D eigenvalue weighted by Gasteiger charge is 2.31. The van der Waals surface area contributed by atoms with Gasteiger partial charge in [-0.25, -0.2) is 4.39 Å². The highest BCUT2D eigenvalue weighted by atomic mass is 19.1. The number of amides is 1. The van der Waals surface area contributed by atoms with E-state index in [-0.39, 0.29) is 22.9 Å². The topological polar surface area (TPSA) is 48.8 Å². The van der Waals surface area contributed by atoms with E-state index in [1.54, 1.807) is 11.1 Å². The van der Waals surface area contributed by atoms with Crippen LogP contribution in [0.4, 0.5) is 15.8 Å². The number of anilines is 2. The van der Waals surface area contributed by atoms with Crippen LogP contribution in [-0.2, 0) is 6.42 Å². The third-order valence-electron chi connectivity index (χ3n) is 7.56. The van der Waals surface area contributed by atoms with E-state index in [1.165, 1.54) is 6.07 Å². The molecular formula is C27H29FN4O2. The average molecular weight is 461 g/mol. The molecule has 0 spiro atoms. The van der Waals surface area contributed by atoms with Crippen LogP contribution in [-0.4, -0.2) is 54.6 Å². The van der Waals surface area contributed by atoms with Crippen LogP contribution in [0.1, 0.15) is 41.7 Å². The Morgan fingerprint density at radius 3 is 2.53 bits per heavy atom. The van der Waals surface area contributed by atoms with E-state index in [9.17, 15) is 9.59 Å². The van der Waals surface area contributed by atoms with Crippen LogP contribution in [0.25, 0.3) is 10.9 Å². The second-order valence-electron chi connectivity index (χ2n) is 9.59. The largest absolute Gasteiger partial charge is 0.367 e. The Labute approximate surface area is 198 Å². The molecule has 2 aliphatic heterocycles. The summed E-state index contributed by atoms with van der Waals surface area (Å²) < 4.78 is 17.4. The summed E-state index contributed by atoms with van der Waals surface area (Å²) >= 11 is 0. The highest BCUT2D eigenvalue weighted by molar-refractivity contribution is 6.08. The standard InChI is InChI=1S/C27H29FN4O2/c1-2-29-11-13-30(14-12-29)25-16-24-20(15-22(25)28)26(33)21(17-32(24)19-7-8-19)27(34)31-10-9-18-5-3-4-6-23(18)31/h3-6,15-17,19H,2,7-14H2,1H3. The number of para-hydroxylation sites is 1. The van der Waals surface area contributed by atoms with E-state index in [0.29, 0.717) is 17.6 Å². The van der Waals surface area contributed by atoms with Crippen molar-refractivity contribution in [3.63, 3.8) is 0 Å². The van der Waals surface area contributed by atoms with Crippen molar-refractivity contribution in [1.29, 1.82) is 0 Å². The van der Waals surface area contributed by atoms with Gasteiger partial charge in [0.1, 0.15) is 11.4 Å². The summed E-state index contributed by atoms with van der Waals surface area (Å²) in [6.07, 6.45) is 4.50. The van der Waals surface area contributed by atoms with E-state index in [0.717, 1.165) is 68.8 Å². The lowest BCUT2D eigenvalue weighted by molar-refractivity contribution is 0.0988. The van der Waals surface area contributed by atoms with Gasteiger partial charge < -0.3 is 19.3 Å². The van der Waals surface area contributed by atoms with Crippen LogP contribution in [0.15, 0.2) is 47.4 Å². The molecule has 0 radical (unpaired) electrons. The van der Waals surface area contributed by atoms with E-state index in [4.69, 9.17) is 0 Å². The molecule has 1 aliphatic carbocycles. The van der Waals surface area contributed by atoms with Crippen molar-refractivity contribution >= 4 is 28.2 Å². The Morgan fingerprint density at radius 1 is 1.03 bits per heavy atom. The fraction of sp³-hybridized carbons (Fsp3) is 0.407. The maximum absolute atomic E-state index is 15.3. The number of hydrogen-bond acceptors (Lipinski definition) is 4. The number of carbonyl (C=O) groups excluding carboxylic acids is 1. The lowest BCUT2D eigenvalue weighted by Gasteiger charge is -2.35. The normalized spacial score (nSPS) is 18.5. The zero-order valence-electron chi connectivity index (χ0n) is 19.5. The molecule has 0 N–H and O–H groups in total. The number of likely N-dealkylation sites (N-methyl/N-ethyl adjacent to an activating group) is 1. The van der Waals surface area contributed by atoms with Gasteiger partial charge in [-0.1, -0.05) is 25.1 Å². The van der Waals surface area contributed by atoms with Gasteiger partial charge in [-0.15, -0.1) is 0 Å². The molecule has 0 bridgehead atoms. The molecule has 6 rings (SSSR count). The molecule has 3 heterocycles. The number of aromatic nitrogens is 1. The van der Waals surface area contributed by atoms with Crippen LogP contribution in [0.2, 0.25) is 0 Å². The van der Waals surface area contributed by atoms with Crippen molar-refractivity contribution in [2.24, 2.45) is 0 Å². The van der Waals surface area contributed by atoms with Gasteiger partial charge >= 0.3 is 0 Å². The summed E-state index contributed by atoms with van der Waals surface area (Å²) in [6, 6.07) is 11.2. The third kappa shape index (κ3) is 3.50. The number of rotatable bonds is 4. The molecule has 176 valence electrons. The first-order chi connectivity index (χ1) is 16.5. The molecule has 1 saturated heterocycles. The van der Waals surface area contributed by atoms with Gasteiger partial charge in [0.2, 0.25) is 5.43 Å². The SMILES string of the molecule is CCN1CCN(c2cc3c(cc2F)c(=O)c(C(=O)N2CCc4ccccc42)cn3C2CC2)CC1. The first-order valence-corrected chi connectivity index (χ1v) is 12.3. The molecule has 1 saturated carbocycles. The Morgan fingerprint density at radius 2 is 1.79 bits per heavy atom. The van der Waals surface area contributed by atoms with Crippen LogP contribution in [0, 0.1) is 5.82 Å². The van der Waals surface area contributed by atoms with Crippen LogP contribution in [0.5, 0.6) is 0 Å².